The monoisotopic (exact) mass is 298 g/mol. The number of nitrogens with zero attached hydrogens (tertiary/aromatic N) is 3. The smallest absolute Gasteiger partial charge is 0.251 e. The van der Waals surface area contributed by atoms with E-state index in [1.54, 1.807) is 41.8 Å². The van der Waals surface area contributed by atoms with Crippen LogP contribution in [-0.4, -0.2) is 30.0 Å². The van der Waals surface area contributed by atoms with Crippen LogP contribution in [0.5, 0.6) is 0 Å². The topological polar surface area (TPSA) is 69.0 Å². The summed E-state index contributed by atoms with van der Waals surface area (Å²) in [5.74, 6) is -0.127. The van der Waals surface area contributed by atoms with Crippen molar-refractivity contribution < 1.29 is 4.79 Å². The highest BCUT2D eigenvalue weighted by atomic mass is 32.1. The first-order chi connectivity index (χ1) is 10.3. The second-order valence-corrected chi connectivity index (χ2v) is 5.79. The van der Waals surface area contributed by atoms with Crippen molar-refractivity contribution in [1.29, 1.82) is 5.26 Å². The van der Waals surface area contributed by atoms with Crippen LogP contribution in [0.3, 0.4) is 0 Å². The van der Waals surface area contributed by atoms with Gasteiger partial charge < -0.3 is 10.2 Å². The van der Waals surface area contributed by atoms with Gasteiger partial charge in [-0.25, -0.2) is 4.98 Å². The summed E-state index contributed by atoms with van der Waals surface area (Å²) in [5.41, 5.74) is 1.03. The van der Waals surface area contributed by atoms with Gasteiger partial charge in [0.05, 0.1) is 11.6 Å². The first-order valence-corrected chi connectivity index (χ1v) is 7.59. The summed E-state index contributed by atoms with van der Waals surface area (Å²) >= 11 is 1.61. The number of thiazole rings is 1. The van der Waals surface area contributed by atoms with E-state index in [2.05, 4.69) is 15.2 Å². The Morgan fingerprint density at radius 3 is 3.19 bits per heavy atom. The van der Waals surface area contributed by atoms with Crippen molar-refractivity contribution >= 4 is 22.4 Å². The predicted octanol–water partition coefficient (Wildman–Crippen LogP) is 2.02. The van der Waals surface area contributed by atoms with Gasteiger partial charge in [0, 0.05) is 36.3 Å². The van der Waals surface area contributed by atoms with Crippen LogP contribution in [0.2, 0.25) is 0 Å². The SMILES string of the molecule is N#Cc1cccc(C(=O)N[C@H]2CCN(c3nccs3)C2)c1. The lowest BCUT2D eigenvalue weighted by molar-refractivity contribution is 0.0940. The molecule has 3 rings (SSSR count). The van der Waals surface area contributed by atoms with Crippen molar-refractivity contribution in [1.82, 2.24) is 10.3 Å². The van der Waals surface area contributed by atoms with Crippen molar-refractivity contribution in [3.8, 4) is 6.07 Å². The van der Waals surface area contributed by atoms with Gasteiger partial charge in [0.15, 0.2) is 5.13 Å². The number of carbonyl (C=O) groups is 1. The molecule has 0 bridgehead atoms. The molecule has 1 N–H and O–H groups in total. The molecule has 1 aromatic heterocycles. The highest BCUT2D eigenvalue weighted by Gasteiger charge is 2.25. The molecule has 1 aromatic carbocycles. The number of aromatic nitrogens is 1. The molecule has 2 aromatic rings. The van der Waals surface area contributed by atoms with Crippen LogP contribution >= 0.6 is 11.3 Å². The maximum Gasteiger partial charge on any atom is 0.251 e. The lowest BCUT2D eigenvalue weighted by Crippen LogP contribution is -2.37. The first kappa shape index (κ1) is 13.6. The number of nitriles is 1. The van der Waals surface area contributed by atoms with E-state index in [0.717, 1.165) is 24.6 Å². The number of benzene rings is 1. The van der Waals surface area contributed by atoms with Gasteiger partial charge in [0.1, 0.15) is 0 Å². The van der Waals surface area contributed by atoms with E-state index >= 15 is 0 Å². The van der Waals surface area contributed by atoms with Crippen LogP contribution in [0.4, 0.5) is 5.13 Å². The third-order valence-electron chi connectivity index (χ3n) is 3.47. The van der Waals surface area contributed by atoms with Crippen LogP contribution < -0.4 is 10.2 Å². The zero-order valence-corrected chi connectivity index (χ0v) is 12.1. The number of anilines is 1. The molecule has 21 heavy (non-hydrogen) atoms. The maximum absolute atomic E-state index is 12.2. The van der Waals surface area contributed by atoms with Gasteiger partial charge in [-0.15, -0.1) is 11.3 Å². The Labute approximate surface area is 126 Å². The standard InChI is InChI=1S/C15H14N4OS/c16-9-11-2-1-3-12(8-11)14(20)18-13-4-6-19(10-13)15-17-5-7-21-15/h1-3,5,7-8,13H,4,6,10H2,(H,18,20)/t13-/m0/s1. The highest BCUT2D eigenvalue weighted by molar-refractivity contribution is 7.13. The lowest BCUT2D eigenvalue weighted by atomic mass is 10.1. The minimum Gasteiger partial charge on any atom is -0.347 e. The van der Waals surface area contributed by atoms with Gasteiger partial charge in [-0.1, -0.05) is 6.07 Å². The molecule has 0 aliphatic carbocycles. The molecule has 0 unspecified atom stereocenters. The van der Waals surface area contributed by atoms with Crippen molar-refractivity contribution in [3.63, 3.8) is 0 Å². The normalized spacial score (nSPS) is 17.5. The second-order valence-electron chi connectivity index (χ2n) is 4.91. The summed E-state index contributed by atoms with van der Waals surface area (Å²) in [6, 6.07) is 8.92. The Morgan fingerprint density at radius 1 is 1.52 bits per heavy atom. The number of hydrogen-bond acceptors (Lipinski definition) is 5. The van der Waals surface area contributed by atoms with Crippen molar-refractivity contribution in [2.45, 2.75) is 12.5 Å². The number of carbonyl (C=O) groups excluding carboxylic acids is 1. The summed E-state index contributed by atoms with van der Waals surface area (Å²) < 4.78 is 0. The van der Waals surface area contributed by atoms with Crippen molar-refractivity contribution in [2.24, 2.45) is 0 Å². The maximum atomic E-state index is 12.2. The fourth-order valence-electron chi connectivity index (χ4n) is 2.42. The fourth-order valence-corrected chi connectivity index (χ4v) is 3.10. The average molecular weight is 298 g/mol. The van der Waals surface area contributed by atoms with E-state index in [0.29, 0.717) is 11.1 Å². The quantitative estimate of drug-likeness (QED) is 0.941. The summed E-state index contributed by atoms with van der Waals surface area (Å²) in [6.07, 6.45) is 2.70. The van der Waals surface area contributed by atoms with Gasteiger partial charge in [0.25, 0.3) is 5.91 Å². The predicted molar refractivity (Wildman–Crippen MR) is 81.4 cm³/mol. The Morgan fingerprint density at radius 2 is 2.43 bits per heavy atom. The third-order valence-corrected chi connectivity index (χ3v) is 4.30. The van der Waals surface area contributed by atoms with Gasteiger partial charge in [0.2, 0.25) is 0 Å². The van der Waals surface area contributed by atoms with E-state index in [1.807, 2.05) is 11.4 Å². The first-order valence-electron chi connectivity index (χ1n) is 6.72. The van der Waals surface area contributed by atoms with E-state index in [1.165, 1.54) is 0 Å². The molecular formula is C15H14N4OS. The molecule has 1 amide bonds. The lowest BCUT2D eigenvalue weighted by Gasteiger charge is -2.15. The molecular weight excluding hydrogens is 284 g/mol. The second kappa shape index (κ2) is 5.94. The summed E-state index contributed by atoms with van der Waals surface area (Å²) in [6.45, 7) is 1.67. The largest absolute Gasteiger partial charge is 0.347 e. The van der Waals surface area contributed by atoms with E-state index < -0.39 is 0 Å². The van der Waals surface area contributed by atoms with Crippen molar-refractivity contribution in [2.75, 3.05) is 18.0 Å². The summed E-state index contributed by atoms with van der Waals surface area (Å²) in [7, 11) is 0. The number of rotatable bonds is 3. The van der Waals surface area contributed by atoms with Crippen LogP contribution in [0, 0.1) is 11.3 Å². The zero-order valence-electron chi connectivity index (χ0n) is 11.3. The van der Waals surface area contributed by atoms with Gasteiger partial charge in [-0.3, -0.25) is 4.79 Å². The Bertz CT molecular complexity index is 677. The number of nitrogens with one attached hydrogen (secondary N) is 1. The van der Waals surface area contributed by atoms with E-state index in [4.69, 9.17) is 5.26 Å². The number of amides is 1. The number of hydrogen-bond donors (Lipinski definition) is 1. The van der Waals surface area contributed by atoms with Gasteiger partial charge in [-0.2, -0.15) is 5.26 Å². The highest BCUT2D eigenvalue weighted by Crippen LogP contribution is 2.22. The molecule has 2 heterocycles. The van der Waals surface area contributed by atoms with Gasteiger partial charge in [-0.05, 0) is 24.6 Å². The summed E-state index contributed by atoms with van der Waals surface area (Å²) in [4.78, 5) is 18.7. The molecule has 1 atom stereocenters. The molecule has 6 heteroatoms. The Balaban J connectivity index is 1.62. The van der Waals surface area contributed by atoms with Crippen LogP contribution in [-0.2, 0) is 0 Å². The minimum absolute atomic E-state index is 0.118. The van der Waals surface area contributed by atoms with E-state index in [9.17, 15) is 4.79 Å². The van der Waals surface area contributed by atoms with E-state index in [-0.39, 0.29) is 11.9 Å². The Hall–Kier alpha value is -2.39. The molecule has 1 aliphatic rings. The molecule has 1 aliphatic heterocycles. The van der Waals surface area contributed by atoms with Crippen molar-refractivity contribution in [3.05, 3.63) is 47.0 Å². The molecule has 5 nitrogen and oxygen atoms in total. The Kier molecular flexibility index (Phi) is 3.84. The fraction of sp³-hybridized carbons (Fsp3) is 0.267. The third kappa shape index (κ3) is 3.03. The van der Waals surface area contributed by atoms with Crippen LogP contribution in [0.15, 0.2) is 35.8 Å². The molecule has 1 saturated heterocycles. The zero-order chi connectivity index (χ0) is 14.7. The van der Waals surface area contributed by atoms with Gasteiger partial charge >= 0.3 is 0 Å². The molecule has 0 saturated carbocycles. The minimum atomic E-state index is -0.127. The van der Waals surface area contributed by atoms with Crippen LogP contribution in [0.1, 0.15) is 22.3 Å². The molecule has 106 valence electrons. The average Bonchev–Trinajstić information content (AvgIpc) is 3.18. The summed E-state index contributed by atoms with van der Waals surface area (Å²) in [5, 5.41) is 14.9. The van der Waals surface area contributed by atoms with Crippen LogP contribution in [0.25, 0.3) is 0 Å². The molecule has 0 spiro atoms. The molecule has 0 radical (unpaired) electrons. The molecule has 1 fully saturated rings.